The summed E-state index contributed by atoms with van der Waals surface area (Å²) in [7, 11) is 0. The molecule has 0 atom stereocenters. The second-order valence-corrected chi connectivity index (χ2v) is 5.84. The first-order chi connectivity index (χ1) is 9.50. The molecule has 20 heavy (non-hydrogen) atoms. The predicted molar refractivity (Wildman–Crippen MR) is 81.5 cm³/mol. The molecule has 1 aromatic carbocycles. The van der Waals surface area contributed by atoms with Gasteiger partial charge in [0.05, 0.1) is 22.1 Å². The predicted octanol–water partition coefficient (Wildman–Crippen LogP) is 3.15. The number of nitrogens with two attached hydrogens (primary N) is 1. The Morgan fingerprint density at radius 1 is 1.45 bits per heavy atom. The molecule has 1 aliphatic rings. The third-order valence-electron chi connectivity index (χ3n) is 3.53. The van der Waals surface area contributed by atoms with E-state index in [2.05, 4.69) is 0 Å². The van der Waals surface area contributed by atoms with Gasteiger partial charge in [0.1, 0.15) is 5.82 Å². The average molecular weight is 315 g/mol. The highest BCUT2D eigenvalue weighted by Gasteiger charge is 2.29. The molecular weight excluding hydrogens is 299 g/mol. The highest BCUT2D eigenvalue weighted by Crippen LogP contribution is 2.27. The van der Waals surface area contributed by atoms with E-state index in [1.807, 2.05) is 0 Å². The maximum Gasteiger partial charge on any atom is 0.256 e. The third kappa shape index (κ3) is 3.27. The molecule has 0 spiro atoms. The number of nitrogens with zero attached hydrogens (tertiary/aromatic N) is 1. The lowest BCUT2D eigenvalue weighted by atomic mass is 10.1. The van der Waals surface area contributed by atoms with E-state index >= 15 is 0 Å². The number of hydrogen-bond donors (Lipinski definition) is 1. The van der Waals surface area contributed by atoms with Gasteiger partial charge in [-0.3, -0.25) is 4.79 Å². The van der Waals surface area contributed by atoms with Crippen LogP contribution >= 0.6 is 23.8 Å². The molecule has 0 aromatic heterocycles. The molecule has 0 bridgehead atoms. The van der Waals surface area contributed by atoms with Crippen LogP contribution in [0.3, 0.4) is 0 Å². The first kappa shape index (κ1) is 15.2. The zero-order valence-corrected chi connectivity index (χ0v) is 12.5. The van der Waals surface area contributed by atoms with Crippen LogP contribution in [0.15, 0.2) is 18.2 Å². The van der Waals surface area contributed by atoms with Gasteiger partial charge in [0.25, 0.3) is 5.91 Å². The van der Waals surface area contributed by atoms with Gasteiger partial charge in [-0.25, -0.2) is 4.39 Å². The molecule has 6 heteroatoms. The molecule has 0 aliphatic heterocycles. The average Bonchev–Trinajstić information content (AvgIpc) is 2.92. The Morgan fingerprint density at radius 2 is 2.10 bits per heavy atom. The molecule has 0 radical (unpaired) electrons. The number of halogens is 2. The molecule has 2 N–H and O–H groups in total. The highest BCUT2D eigenvalue weighted by molar-refractivity contribution is 7.80. The molecule has 1 saturated carbocycles. The van der Waals surface area contributed by atoms with Crippen molar-refractivity contribution in [3.63, 3.8) is 0 Å². The fourth-order valence-corrected chi connectivity index (χ4v) is 2.92. The molecular formula is C14H16ClFN2OS. The van der Waals surface area contributed by atoms with E-state index in [1.54, 1.807) is 4.90 Å². The summed E-state index contributed by atoms with van der Waals surface area (Å²) in [6, 6.07) is 4.33. The summed E-state index contributed by atoms with van der Waals surface area (Å²) < 4.78 is 13.5. The SMILES string of the molecule is NC(=S)CN(C(=O)c1cccc(F)c1Cl)C1CCCC1. The standard InChI is InChI=1S/C14H16ClFN2OS/c15-13-10(6-3-7-11(13)16)14(19)18(8-12(17)20)9-4-1-2-5-9/h3,6-7,9H,1-2,4-5,8H2,(H2,17,20). The van der Waals surface area contributed by atoms with Crippen LogP contribution in [0.5, 0.6) is 0 Å². The molecule has 2 rings (SSSR count). The Labute approximate surface area is 127 Å². The summed E-state index contributed by atoms with van der Waals surface area (Å²) in [6.45, 7) is 0.200. The third-order valence-corrected chi connectivity index (χ3v) is 4.05. The molecule has 0 heterocycles. The number of amides is 1. The molecule has 1 fully saturated rings. The van der Waals surface area contributed by atoms with Crippen molar-refractivity contribution in [3.05, 3.63) is 34.6 Å². The van der Waals surface area contributed by atoms with Crippen molar-refractivity contribution < 1.29 is 9.18 Å². The molecule has 0 unspecified atom stereocenters. The first-order valence-electron chi connectivity index (χ1n) is 6.54. The summed E-state index contributed by atoms with van der Waals surface area (Å²) in [6.07, 6.45) is 3.98. The van der Waals surface area contributed by atoms with E-state index < -0.39 is 5.82 Å². The van der Waals surface area contributed by atoms with E-state index in [-0.39, 0.29) is 34.1 Å². The van der Waals surface area contributed by atoms with Crippen LogP contribution in [-0.2, 0) is 0 Å². The monoisotopic (exact) mass is 314 g/mol. The fraction of sp³-hybridized carbons (Fsp3) is 0.429. The second-order valence-electron chi connectivity index (χ2n) is 4.94. The van der Waals surface area contributed by atoms with Crippen molar-refractivity contribution >= 4 is 34.7 Å². The summed E-state index contributed by atoms with van der Waals surface area (Å²) in [5.41, 5.74) is 5.74. The summed E-state index contributed by atoms with van der Waals surface area (Å²) in [5, 5.41) is -0.150. The molecule has 108 valence electrons. The Bertz CT molecular complexity index is 532. The lowest BCUT2D eigenvalue weighted by Gasteiger charge is -2.29. The minimum absolute atomic E-state index is 0.100. The van der Waals surface area contributed by atoms with E-state index in [1.165, 1.54) is 18.2 Å². The van der Waals surface area contributed by atoms with Gasteiger partial charge in [0.2, 0.25) is 0 Å². The zero-order chi connectivity index (χ0) is 14.7. The number of hydrogen-bond acceptors (Lipinski definition) is 2. The van der Waals surface area contributed by atoms with Crippen LogP contribution in [-0.4, -0.2) is 28.4 Å². The van der Waals surface area contributed by atoms with Crippen LogP contribution in [0.2, 0.25) is 5.02 Å². The Kier molecular flexibility index (Phi) is 4.94. The van der Waals surface area contributed by atoms with Crippen molar-refractivity contribution in [1.82, 2.24) is 4.90 Å². The van der Waals surface area contributed by atoms with Gasteiger partial charge < -0.3 is 10.6 Å². The van der Waals surface area contributed by atoms with E-state index in [0.717, 1.165) is 25.7 Å². The van der Waals surface area contributed by atoms with Gasteiger partial charge in [0, 0.05) is 6.04 Å². The van der Waals surface area contributed by atoms with E-state index in [0.29, 0.717) is 0 Å². The van der Waals surface area contributed by atoms with Gasteiger partial charge in [-0.2, -0.15) is 0 Å². The van der Waals surface area contributed by atoms with Gasteiger partial charge in [-0.15, -0.1) is 0 Å². The largest absolute Gasteiger partial charge is 0.392 e. The van der Waals surface area contributed by atoms with Crippen molar-refractivity contribution in [1.29, 1.82) is 0 Å². The van der Waals surface area contributed by atoms with Crippen molar-refractivity contribution in [2.24, 2.45) is 5.73 Å². The summed E-state index contributed by atoms with van der Waals surface area (Å²) >= 11 is 10.8. The zero-order valence-electron chi connectivity index (χ0n) is 10.9. The molecule has 0 saturated heterocycles. The number of carbonyl (C=O) groups excluding carboxylic acids is 1. The van der Waals surface area contributed by atoms with E-state index in [4.69, 9.17) is 29.6 Å². The smallest absolute Gasteiger partial charge is 0.256 e. The van der Waals surface area contributed by atoms with Crippen LogP contribution in [0, 0.1) is 5.82 Å². The van der Waals surface area contributed by atoms with Crippen molar-refractivity contribution in [2.45, 2.75) is 31.7 Å². The van der Waals surface area contributed by atoms with E-state index in [9.17, 15) is 9.18 Å². The summed E-state index contributed by atoms with van der Waals surface area (Å²) in [5.74, 6) is -0.909. The molecule has 1 aromatic rings. The second kappa shape index (κ2) is 6.50. The highest BCUT2D eigenvalue weighted by atomic mass is 35.5. The molecule has 3 nitrogen and oxygen atoms in total. The van der Waals surface area contributed by atoms with Crippen LogP contribution in [0.25, 0.3) is 0 Å². The lowest BCUT2D eigenvalue weighted by Crippen LogP contribution is -2.43. The van der Waals surface area contributed by atoms with Gasteiger partial charge in [-0.1, -0.05) is 42.7 Å². The number of benzene rings is 1. The maximum atomic E-state index is 13.5. The summed E-state index contributed by atoms with van der Waals surface area (Å²) in [4.78, 5) is 14.5. The van der Waals surface area contributed by atoms with Gasteiger partial charge in [0.15, 0.2) is 0 Å². The topological polar surface area (TPSA) is 46.3 Å². The van der Waals surface area contributed by atoms with Gasteiger partial charge >= 0.3 is 0 Å². The molecule has 1 aliphatic carbocycles. The number of thiocarbonyl (C=S) groups is 1. The maximum absolute atomic E-state index is 13.5. The van der Waals surface area contributed by atoms with Crippen LogP contribution < -0.4 is 5.73 Å². The normalized spacial score (nSPS) is 15.3. The lowest BCUT2D eigenvalue weighted by molar-refractivity contribution is 0.0714. The molecule has 1 amide bonds. The Hall–Kier alpha value is -1.20. The van der Waals surface area contributed by atoms with Crippen LogP contribution in [0.4, 0.5) is 4.39 Å². The van der Waals surface area contributed by atoms with Crippen molar-refractivity contribution in [3.8, 4) is 0 Å². The minimum atomic E-state index is -0.598. The van der Waals surface area contributed by atoms with Crippen LogP contribution in [0.1, 0.15) is 36.0 Å². The Morgan fingerprint density at radius 3 is 2.70 bits per heavy atom. The van der Waals surface area contributed by atoms with Gasteiger partial charge in [-0.05, 0) is 25.0 Å². The number of rotatable bonds is 4. The quantitative estimate of drug-likeness (QED) is 0.868. The first-order valence-corrected chi connectivity index (χ1v) is 7.32. The fourth-order valence-electron chi connectivity index (χ4n) is 2.57. The Balaban J connectivity index is 2.29. The number of carbonyl (C=O) groups is 1. The minimum Gasteiger partial charge on any atom is -0.392 e. The van der Waals surface area contributed by atoms with Crippen molar-refractivity contribution in [2.75, 3.05) is 6.54 Å².